The summed E-state index contributed by atoms with van der Waals surface area (Å²) >= 11 is 0. The molecule has 0 spiro atoms. The Hall–Kier alpha value is -2.16. The topological polar surface area (TPSA) is 62.1 Å². The standard InChI is InChI=1S/C16H18F4N2O3/c1-9(2)8-25-11-5-3-10(4-6-11)14(23)22-16(24,15(19)20)7-12(21-22)13(17)18/h3-6,9,13,15,24H,7-8H2,1-2H3/t16-/m1/s1. The molecule has 1 aromatic carbocycles. The molecule has 0 radical (unpaired) electrons. The zero-order valence-electron chi connectivity index (χ0n) is 13.6. The van der Waals surface area contributed by atoms with Crippen LogP contribution < -0.4 is 4.74 Å². The summed E-state index contributed by atoms with van der Waals surface area (Å²) in [5, 5.41) is 13.2. The van der Waals surface area contributed by atoms with Crippen molar-refractivity contribution in [1.82, 2.24) is 5.01 Å². The Bertz CT molecular complexity index is 649. The predicted octanol–water partition coefficient (Wildman–Crippen LogP) is 3.14. The lowest BCUT2D eigenvalue weighted by Gasteiger charge is -2.30. The molecule has 5 nitrogen and oxygen atoms in total. The number of nitrogens with zero attached hydrogens (tertiary/aromatic N) is 2. The number of ether oxygens (including phenoxy) is 1. The molecule has 0 saturated heterocycles. The maximum atomic E-state index is 13.1. The fourth-order valence-electron chi connectivity index (χ4n) is 2.18. The lowest BCUT2D eigenvalue weighted by molar-refractivity contribution is -0.164. The van der Waals surface area contributed by atoms with E-state index < -0.39 is 36.6 Å². The highest BCUT2D eigenvalue weighted by atomic mass is 19.3. The van der Waals surface area contributed by atoms with Crippen LogP contribution in [-0.2, 0) is 0 Å². The quantitative estimate of drug-likeness (QED) is 0.791. The number of hydrazone groups is 1. The van der Waals surface area contributed by atoms with Gasteiger partial charge in [0.1, 0.15) is 11.5 Å². The van der Waals surface area contributed by atoms with Crippen molar-refractivity contribution in [2.24, 2.45) is 11.0 Å². The highest BCUT2D eigenvalue weighted by Gasteiger charge is 2.53. The largest absolute Gasteiger partial charge is 0.493 e. The molecule has 1 aliphatic heterocycles. The molecule has 1 amide bonds. The van der Waals surface area contributed by atoms with Gasteiger partial charge in [-0.2, -0.15) is 10.1 Å². The Labute approximate surface area is 141 Å². The highest BCUT2D eigenvalue weighted by molar-refractivity contribution is 5.99. The third kappa shape index (κ3) is 4.09. The molecule has 0 aliphatic carbocycles. The molecule has 0 bridgehead atoms. The molecule has 0 unspecified atom stereocenters. The summed E-state index contributed by atoms with van der Waals surface area (Å²) in [6.07, 6.45) is -7.70. The number of hydrogen-bond donors (Lipinski definition) is 1. The summed E-state index contributed by atoms with van der Waals surface area (Å²) in [6.45, 7) is 4.36. The average molecular weight is 362 g/mol. The number of halogens is 4. The summed E-state index contributed by atoms with van der Waals surface area (Å²) < 4.78 is 57.2. The molecule has 2 rings (SSSR count). The molecule has 0 saturated carbocycles. The SMILES string of the molecule is CC(C)COc1ccc(C(=O)N2N=C(C(F)F)C[C@@]2(O)C(F)F)cc1. The van der Waals surface area contributed by atoms with E-state index in [4.69, 9.17) is 4.74 Å². The van der Waals surface area contributed by atoms with Crippen molar-refractivity contribution in [3.63, 3.8) is 0 Å². The van der Waals surface area contributed by atoms with E-state index in [1.165, 1.54) is 24.3 Å². The van der Waals surface area contributed by atoms with E-state index in [1.807, 2.05) is 13.8 Å². The van der Waals surface area contributed by atoms with Gasteiger partial charge in [0.05, 0.1) is 6.61 Å². The highest BCUT2D eigenvalue weighted by Crippen LogP contribution is 2.34. The summed E-state index contributed by atoms with van der Waals surface area (Å²) in [7, 11) is 0. The van der Waals surface area contributed by atoms with Crippen LogP contribution in [0.25, 0.3) is 0 Å². The minimum absolute atomic E-state index is 0.0309. The fraction of sp³-hybridized carbons (Fsp3) is 0.500. The van der Waals surface area contributed by atoms with Gasteiger partial charge in [-0.3, -0.25) is 4.79 Å². The summed E-state index contributed by atoms with van der Waals surface area (Å²) in [4.78, 5) is 12.4. The van der Waals surface area contributed by atoms with Crippen LogP contribution in [0.5, 0.6) is 5.75 Å². The molecule has 0 fully saturated rings. The Balaban J connectivity index is 2.22. The van der Waals surface area contributed by atoms with Crippen molar-refractivity contribution in [2.45, 2.75) is 38.8 Å². The van der Waals surface area contributed by atoms with Crippen molar-refractivity contribution in [3.05, 3.63) is 29.8 Å². The Morgan fingerprint density at radius 3 is 2.36 bits per heavy atom. The normalized spacial score (nSPS) is 20.6. The van der Waals surface area contributed by atoms with Gasteiger partial charge in [-0.05, 0) is 30.2 Å². The molecule has 1 aromatic rings. The lowest BCUT2D eigenvalue weighted by atomic mass is 10.1. The van der Waals surface area contributed by atoms with Crippen molar-refractivity contribution in [2.75, 3.05) is 6.61 Å². The second-order valence-electron chi connectivity index (χ2n) is 6.09. The van der Waals surface area contributed by atoms with Crippen molar-refractivity contribution >= 4 is 11.6 Å². The number of hydrogen-bond acceptors (Lipinski definition) is 4. The van der Waals surface area contributed by atoms with E-state index >= 15 is 0 Å². The van der Waals surface area contributed by atoms with E-state index in [-0.39, 0.29) is 16.5 Å². The zero-order valence-corrected chi connectivity index (χ0v) is 13.6. The zero-order chi connectivity index (χ0) is 18.8. The molecular weight excluding hydrogens is 344 g/mol. The first-order valence-electron chi connectivity index (χ1n) is 7.58. The van der Waals surface area contributed by atoms with Crippen LogP contribution in [0.15, 0.2) is 29.4 Å². The van der Waals surface area contributed by atoms with Crippen LogP contribution in [0.1, 0.15) is 30.6 Å². The van der Waals surface area contributed by atoms with Crippen LogP contribution in [0.2, 0.25) is 0 Å². The Kier molecular flexibility index (Phi) is 5.66. The van der Waals surface area contributed by atoms with Gasteiger partial charge in [0, 0.05) is 12.0 Å². The van der Waals surface area contributed by atoms with Crippen LogP contribution in [-0.4, -0.2) is 46.9 Å². The van der Waals surface area contributed by atoms with Crippen molar-refractivity contribution in [1.29, 1.82) is 0 Å². The predicted molar refractivity (Wildman–Crippen MR) is 82.0 cm³/mol. The van der Waals surface area contributed by atoms with E-state index in [0.29, 0.717) is 12.4 Å². The van der Waals surface area contributed by atoms with Gasteiger partial charge in [0.25, 0.3) is 18.8 Å². The number of benzene rings is 1. The first kappa shape index (κ1) is 19.2. The van der Waals surface area contributed by atoms with Gasteiger partial charge in [-0.1, -0.05) is 13.8 Å². The minimum atomic E-state index is -3.45. The molecule has 1 heterocycles. The number of alkyl halides is 4. The molecule has 9 heteroatoms. The van der Waals surface area contributed by atoms with Crippen molar-refractivity contribution in [3.8, 4) is 5.75 Å². The molecule has 1 N–H and O–H groups in total. The van der Waals surface area contributed by atoms with Gasteiger partial charge in [0.2, 0.25) is 5.72 Å². The first-order chi connectivity index (χ1) is 11.6. The monoisotopic (exact) mass is 362 g/mol. The van der Waals surface area contributed by atoms with Gasteiger partial charge in [0.15, 0.2) is 0 Å². The number of carbonyl (C=O) groups excluding carboxylic acids is 1. The second-order valence-corrected chi connectivity index (χ2v) is 6.09. The van der Waals surface area contributed by atoms with Crippen LogP contribution in [0, 0.1) is 5.92 Å². The molecule has 1 atom stereocenters. The summed E-state index contributed by atoms with van der Waals surface area (Å²) in [6, 6.07) is 5.48. The van der Waals surface area contributed by atoms with Gasteiger partial charge >= 0.3 is 0 Å². The molecule has 0 aromatic heterocycles. The maximum absolute atomic E-state index is 13.1. The van der Waals surface area contributed by atoms with Gasteiger partial charge in [-0.15, -0.1) is 0 Å². The first-order valence-corrected chi connectivity index (χ1v) is 7.58. The smallest absolute Gasteiger partial charge is 0.287 e. The van der Waals surface area contributed by atoms with E-state index in [1.54, 1.807) is 0 Å². The maximum Gasteiger partial charge on any atom is 0.287 e. The molecular formula is C16H18F4N2O3. The lowest BCUT2D eigenvalue weighted by Crippen LogP contribution is -2.51. The Morgan fingerprint density at radius 2 is 1.88 bits per heavy atom. The van der Waals surface area contributed by atoms with Crippen molar-refractivity contribution < 1.29 is 32.2 Å². The molecule has 138 valence electrons. The number of amides is 1. The van der Waals surface area contributed by atoms with Crippen LogP contribution in [0.4, 0.5) is 17.6 Å². The molecule has 25 heavy (non-hydrogen) atoms. The Morgan fingerprint density at radius 1 is 1.28 bits per heavy atom. The summed E-state index contributed by atoms with van der Waals surface area (Å²) in [5.41, 5.74) is -4.14. The summed E-state index contributed by atoms with van der Waals surface area (Å²) in [5.74, 6) is -0.351. The van der Waals surface area contributed by atoms with Gasteiger partial charge in [-0.25, -0.2) is 17.6 Å². The van der Waals surface area contributed by atoms with E-state index in [2.05, 4.69) is 5.10 Å². The minimum Gasteiger partial charge on any atom is -0.493 e. The van der Waals surface area contributed by atoms with E-state index in [9.17, 15) is 27.5 Å². The number of aliphatic hydroxyl groups is 1. The third-order valence-electron chi connectivity index (χ3n) is 3.51. The third-order valence-corrected chi connectivity index (χ3v) is 3.51. The number of rotatable bonds is 6. The van der Waals surface area contributed by atoms with Crippen LogP contribution >= 0.6 is 0 Å². The second kappa shape index (κ2) is 7.38. The van der Waals surface area contributed by atoms with E-state index in [0.717, 1.165) is 0 Å². The number of carbonyl (C=O) groups is 1. The van der Waals surface area contributed by atoms with Crippen LogP contribution in [0.3, 0.4) is 0 Å². The van der Waals surface area contributed by atoms with Gasteiger partial charge < -0.3 is 9.84 Å². The fourth-order valence-corrected chi connectivity index (χ4v) is 2.18. The average Bonchev–Trinajstić information content (AvgIpc) is 2.92. The molecule has 1 aliphatic rings.